The second-order valence-electron chi connectivity index (χ2n) is 7.96. The lowest BCUT2D eigenvalue weighted by molar-refractivity contribution is -0.122. The van der Waals surface area contributed by atoms with Gasteiger partial charge in [0.05, 0.1) is 26.4 Å². The van der Waals surface area contributed by atoms with E-state index in [9.17, 15) is 9.59 Å². The second-order valence-corrected chi connectivity index (χ2v) is 7.96. The Morgan fingerprint density at radius 2 is 0.967 bits per heavy atom. The van der Waals surface area contributed by atoms with Crippen LogP contribution in [0.2, 0.25) is 0 Å². The third kappa shape index (κ3) is 23.1. The minimum Gasteiger partial charge on any atom is -0.377 e. The highest BCUT2D eigenvalue weighted by atomic mass is 16.5. The Bertz CT molecular complexity index is 391. The molecule has 0 aliphatic heterocycles. The van der Waals surface area contributed by atoms with Gasteiger partial charge in [-0.1, -0.05) is 78.1 Å². The van der Waals surface area contributed by atoms with Gasteiger partial charge < -0.3 is 20.1 Å². The predicted molar refractivity (Wildman–Crippen MR) is 124 cm³/mol. The number of unbranched alkanes of at least 4 members (excludes halogenated alkanes) is 10. The van der Waals surface area contributed by atoms with Crippen molar-refractivity contribution in [1.82, 2.24) is 10.6 Å². The number of amides is 2. The molecule has 2 N–H and O–H groups in total. The Morgan fingerprint density at radius 3 is 1.43 bits per heavy atom. The van der Waals surface area contributed by atoms with Crippen molar-refractivity contribution in [2.45, 2.75) is 104 Å². The van der Waals surface area contributed by atoms with Gasteiger partial charge >= 0.3 is 0 Å². The fraction of sp³-hybridized carbons (Fsp3) is 0.917. The van der Waals surface area contributed by atoms with E-state index in [0.717, 1.165) is 19.3 Å². The summed E-state index contributed by atoms with van der Waals surface area (Å²) in [5, 5.41) is 5.70. The van der Waals surface area contributed by atoms with E-state index >= 15 is 0 Å². The van der Waals surface area contributed by atoms with Crippen LogP contribution in [0, 0.1) is 0 Å². The third-order valence-corrected chi connectivity index (χ3v) is 4.99. The van der Waals surface area contributed by atoms with Crippen molar-refractivity contribution in [3.8, 4) is 0 Å². The van der Waals surface area contributed by atoms with Crippen molar-refractivity contribution in [3.05, 3.63) is 0 Å². The van der Waals surface area contributed by atoms with Gasteiger partial charge in [0.1, 0.15) is 0 Å². The van der Waals surface area contributed by atoms with Crippen LogP contribution in [0.25, 0.3) is 0 Å². The highest BCUT2D eigenvalue weighted by Gasteiger charge is 2.01. The standard InChI is InChI=1S/C24H48N2O4/c1-3-5-6-7-8-9-10-11-12-13-14-16-24(28)26-18-20-30-22-21-29-19-17-25-23(27)15-4-2/h3-22H2,1-2H3,(H,25,27)(H,26,28). The molecule has 0 saturated heterocycles. The zero-order valence-electron chi connectivity index (χ0n) is 19.8. The SMILES string of the molecule is CCCCCCCCCCCCCC(=O)NCCOCCOCCNC(=O)CCC. The first-order valence-electron chi connectivity index (χ1n) is 12.4. The lowest BCUT2D eigenvalue weighted by atomic mass is 10.1. The van der Waals surface area contributed by atoms with Crippen molar-refractivity contribution in [1.29, 1.82) is 0 Å². The van der Waals surface area contributed by atoms with E-state index in [1.54, 1.807) is 0 Å². The quantitative estimate of drug-likeness (QED) is 0.230. The largest absolute Gasteiger partial charge is 0.377 e. The van der Waals surface area contributed by atoms with Gasteiger partial charge in [0.25, 0.3) is 0 Å². The molecule has 0 aromatic heterocycles. The van der Waals surface area contributed by atoms with Crippen molar-refractivity contribution in [2.75, 3.05) is 39.5 Å². The fourth-order valence-corrected chi connectivity index (χ4v) is 3.20. The number of nitrogens with one attached hydrogen (secondary N) is 2. The normalized spacial score (nSPS) is 10.9. The molecule has 0 fully saturated rings. The maximum Gasteiger partial charge on any atom is 0.220 e. The number of hydrogen-bond donors (Lipinski definition) is 2. The van der Waals surface area contributed by atoms with Crippen molar-refractivity contribution in [3.63, 3.8) is 0 Å². The Morgan fingerprint density at radius 1 is 0.533 bits per heavy atom. The van der Waals surface area contributed by atoms with E-state index in [-0.39, 0.29) is 11.8 Å². The van der Waals surface area contributed by atoms with E-state index in [4.69, 9.17) is 9.47 Å². The van der Waals surface area contributed by atoms with Crippen molar-refractivity contribution in [2.24, 2.45) is 0 Å². The summed E-state index contributed by atoms with van der Waals surface area (Å²) in [6, 6.07) is 0. The number of carbonyl (C=O) groups excluding carboxylic acids is 2. The van der Waals surface area contributed by atoms with Crippen LogP contribution in [0.1, 0.15) is 104 Å². The van der Waals surface area contributed by atoms with Crippen LogP contribution in [0.5, 0.6) is 0 Å². The molecular weight excluding hydrogens is 380 g/mol. The molecule has 0 aliphatic rings. The van der Waals surface area contributed by atoms with Gasteiger partial charge in [-0.25, -0.2) is 0 Å². The average Bonchev–Trinajstić information content (AvgIpc) is 2.73. The molecule has 0 atom stereocenters. The highest BCUT2D eigenvalue weighted by Crippen LogP contribution is 2.11. The molecule has 0 saturated carbocycles. The van der Waals surface area contributed by atoms with E-state index in [0.29, 0.717) is 52.4 Å². The average molecular weight is 429 g/mol. The molecule has 178 valence electrons. The van der Waals surface area contributed by atoms with Crippen LogP contribution in [-0.4, -0.2) is 51.3 Å². The van der Waals surface area contributed by atoms with Crippen LogP contribution in [0.4, 0.5) is 0 Å². The van der Waals surface area contributed by atoms with E-state index in [1.165, 1.54) is 57.8 Å². The lowest BCUT2D eigenvalue weighted by Gasteiger charge is -2.08. The van der Waals surface area contributed by atoms with Gasteiger partial charge in [-0.3, -0.25) is 9.59 Å². The molecule has 0 bridgehead atoms. The second kappa shape index (κ2) is 24.1. The van der Waals surface area contributed by atoms with Gasteiger partial charge in [-0.05, 0) is 12.8 Å². The maximum atomic E-state index is 11.8. The first-order chi connectivity index (χ1) is 14.7. The zero-order chi connectivity index (χ0) is 22.1. The van der Waals surface area contributed by atoms with Gasteiger partial charge in [0.15, 0.2) is 0 Å². The summed E-state index contributed by atoms with van der Waals surface area (Å²) in [6.45, 7) is 7.31. The number of ether oxygens (including phenoxy) is 2. The number of carbonyl (C=O) groups is 2. The molecule has 6 nitrogen and oxygen atoms in total. The summed E-state index contributed by atoms with van der Waals surface area (Å²) >= 11 is 0. The Hall–Kier alpha value is -1.14. The summed E-state index contributed by atoms with van der Waals surface area (Å²) in [6.07, 6.45) is 16.3. The van der Waals surface area contributed by atoms with Crippen LogP contribution in [0.3, 0.4) is 0 Å². The molecule has 0 radical (unpaired) electrons. The third-order valence-electron chi connectivity index (χ3n) is 4.99. The zero-order valence-corrected chi connectivity index (χ0v) is 19.8. The van der Waals surface area contributed by atoms with Gasteiger partial charge in [0.2, 0.25) is 11.8 Å². The molecular formula is C24H48N2O4. The molecule has 0 rings (SSSR count). The van der Waals surface area contributed by atoms with E-state index in [2.05, 4.69) is 17.6 Å². The Kier molecular flexibility index (Phi) is 23.2. The molecule has 6 heteroatoms. The first-order valence-corrected chi connectivity index (χ1v) is 12.4. The summed E-state index contributed by atoms with van der Waals surface area (Å²) in [7, 11) is 0. The number of hydrogen-bond acceptors (Lipinski definition) is 4. The molecule has 0 spiro atoms. The summed E-state index contributed by atoms with van der Waals surface area (Å²) < 4.78 is 10.8. The van der Waals surface area contributed by atoms with Gasteiger partial charge in [-0.15, -0.1) is 0 Å². The topological polar surface area (TPSA) is 76.7 Å². The minimum absolute atomic E-state index is 0.0706. The molecule has 2 amide bonds. The fourth-order valence-electron chi connectivity index (χ4n) is 3.20. The molecule has 30 heavy (non-hydrogen) atoms. The summed E-state index contributed by atoms with van der Waals surface area (Å²) in [5.74, 6) is 0.190. The van der Waals surface area contributed by atoms with Crippen LogP contribution in [0.15, 0.2) is 0 Å². The van der Waals surface area contributed by atoms with Crippen molar-refractivity contribution < 1.29 is 19.1 Å². The van der Waals surface area contributed by atoms with Crippen LogP contribution < -0.4 is 10.6 Å². The maximum absolute atomic E-state index is 11.8. The Labute approximate surface area is 185 Å². The molecule has 0 aromatic carbocycles. The molecule has 0 aliphatic carbocycles. The lowest BCUT2D eigenvalue weighted by Crippen LogP contribution is -2.28. The summed E-state index contributed by atoms with van der Waals surface area (Å²) in [5.41, 5.74) is 0. The summed E-state index contributed by atoms with van der Waals surface area (Å²) in [4.78, 5) is 23.0. The van der Waals surface area contributed by atoms with Crippen molar-refractivity contribution >= 4 is 11.8 Å². The predicted octanol–water partition coefficient (Wildman–Crippen LogP) is 4.75. The highest BCUT2D eigenvalue weighted by molar-refractivity contribution is 5.76. The van der Waals surface area contributed by atoms with Gasteiger partial charge in [0, 0.05) is 25.9 Å². The minimum atomic E-state index is 0.0706. The van der Waals surface area contributed by atoms with Crippen LogP contribution in [-0.2, 0) is 19.1 Å². The number of rotatable bonds is 23. The Balaban J connectivity index is 3.19. The molecule has 0 aromatic rings. The monoisotopic (exact) mass is 428 g/mol. The van der Waals surface area contributed by atoms with Crippen LogP contribution >= 0.6 is 0 Å². The first kappa shape index (κ1) is 28.9. The molecule has 0 unspecified atom stereocenters. The van der Waals surface area contributed by atoms with E-state index < -0.39 is 0 Å². The van der Waals surface area contributed by atoms with E-state index in [1.807, 2.05) is 6.92 Å². The molecule has 0 heterocycles. The smallest absolute Gasteiger partial charge is 0.220 e. The van der Waals surface area contributed by atoms with Gasteiger partial charge in [-0.2, -0.15) is 0 Å².